The van der Waals surface area contributed by atoms with Gasteiger partial charge in [0.15, 0.2) is 0 Å². The quantitative estimate of drug-likeness (QED) is 0.567. The number of benzene rings is 1. The molecular weight excluding hydrogens is 389 g/mol. The standard InChI is InChI=1S/C12H14BrF2I/c1-10-4-6-12(7-5-10)16(15)9-11(13)3-2-8-14/h4-7,9H,2-3,8H2,1H3/b11-9+. The average Bonchev–Trinajstić information content (AvgIpc) is 2.27. The molecule has 90 valence electrons. The molecule has 0 aromatic heterocycles. The number of alkyl halides is 1. The Balaban J connectivity index is 2.63. The van der Waals surface area contributed by atoms with Crippen molar-refractivity contribution >= 4 is 36.3 Å². The molecule has 1 aromatic rings. The normalized spacial score (nSPS) is 12.8. The van der Waals surface area contributed by atoms with Crippen LogP contribution in [0.1, 0.15) is 18.4 Å². The van der Waals surface area contributed by atoms with Gasteiger partial charge in [-0.3, -0.25) is 0 Å². The molecule has 0 atom stereocenters. The monoisotopic (exact) mass is 402 g/mol. The molecule has 0 saturated carbocycles. The summed E-state index contributed by atoms with van der Waals surface area (Å²) in [5.74, 6) is 0. The maximum atomic E-state index is 13.9. The third-order valence-corrected chi connectivity index (χ3v) is 6.67. The summed E-state index contributed by atoms with van der Waals surface area (Å²) < 4.78 is 29.0. The fourth-order valence-corrected chi connectivity index (χ4v) is 4.72. The van der Waals surface area contributed by atoms with Gasteiger partial charge >= 0.3 is 112 Å². The zero-order chi connectivity index (χ0) is 12.0. The minimum atomic E-state index is -2.69. The van der Waals surface area contributed by atoms with E-state index in [0.29, 0.717) is 12.8 Å². The number of rotatable bonds is 5. The summed E-state index contributed by atoms with van der Waals surface area (Å²) >= 11 is 0.595. The van der Waals surface area contributed by atoms with Crippen LogP contribution < -0.4 is 0 Å². The molecule has 0 N–H and O–H groups in total. The molecule has 1 aromatic carbocycles. The molecule has 0 unspecified atom stereocenters. The molecule has 0 nitrogen and oxygen atoms in total. The zero-order valence-electron chi connectivity index (χ0n) is 9.02. The van der Waals surface area contributed by atoms with Crippen molar-refractivity contribution in [1.82, 2.24) is 0 Å². The van der Waals surface area contributed by atoms with Crippen LogP contribution in [0.25, 0.3) is 0 Å². The Kier molecular flexibility index (Phi) is 6.49. The van der Waals surface area contributed by atoms with Crippen molar-refractivity contribution in [3.05, 3.63) is 42.0 Å². The van der Waals surface area contributed by atoms with E-state index in [1.54, 1.807) is 4.08 Å². The molecule has 4 heteroatoms. The summed E-state index contributed by atoms with van der Waals surface area (Å²) in [7, 11) is 0. The van der Waals surface area contributed by atoms with Gasteiger partial charge in [0.25, 0.3) is 0 Å². The Morgan fingerprint density at radius 3 is 2.56 bits per heavy atom. The summed E-state index contributed by atoms with van der Waals surface area (Å²) in [5.41, 5.74) is 1.13. The summed E-state index contributed by atoms with van der Waals surface area (Å²) in [6.45, 7) is 1.63. The van der Waals surface area contributed by atoms with Gasteiger partial charge in [0.05, 0.1) is 0 Å². The van der Waals surface area contributed by atoms with Crippen LogP contribution in [0.3, 0.4) is 0 Å². The maximum absolute atomic E-state index is 13.9. The predicted octanol–water partition coefficient (Wildman–Crippen LogP) is 5.54. The van der Waals surface area contributed by atoms with Crippen molar-refractivity contribution in [1.29, 1.82) is 0 Å². The number of aryl methyl sites for hydroxylation is 1. The van der Waals surface area contributed by atoms with E-state index in [2.05, 4.69) is 15.9 Å². The molecule has 0 heterocycles. The van der Waals surface area contributed by atoms with Crippen LogP contribution in [0.5, 0.6) is 0 Å². The van der Waals surface area contributed by atoms with Crippen molar-refractivity contribution in [2.75, 3.05) is 6.67 Å². The second kappa shape index (κ2) is 7.37. The first kappa shape index (κ1) is 14.1. The zero-order valence-corrected chi connectivity index (χ0v) is 12.8. The third-order valence-electron chi connectivity index (χ3n) is 1.98. The van der Waals surface area contributed by atoms with E-state index >= 15 is 0 Å². The fourth-order valence-electron chi connectivity index (χ4n) is 1.11. The van der Waals surface area contributed by atoms with Gasteiger partial charge in [0.2, 0.25) is 0 Å². The Labute approximate surface area is 111 Å². The van der Waals surface area contributed by atoms with Gasteiger partial charge in [-0.05, 0) is 0 Å². The van der Waals surface area contributed by atoms with Crippen molar-refractivity contribution in [2.24, 2.45) is 0 Å². The second-order valence-electron chi connectivity index (χ2n) is 3.41. The topological polar surface area (TPSA) is 0 Å². The van der Waals surface area contributed by atoms with Crippen LogP contribution in [0.4, 0.5) is 7.25 Å². The van der Waals surface area contributed by atoms with Crippen LogP contribution in [-0.4, -0.2) is 6.67 Å². The SMILES string of the molecule is Cc1ccc(I(F)/C=C(/Br)CCCF)cc1. The molecule has 0 fully saturated rings. The van der Waals surface area contributed by atoms with Gasteiger partial charge in [-0.1, -0.05) is 0 Å². The number of halogens is 4. The molecule has 0 radical (unpaired) electrons. The number of allylic oxidation sites excluding steroid dienone is 1. The van der Waals surface area contributed by atoms with E-state index in [9.17, 15) is 7.25 Å². The van der Waals surface area contributed by atoms with E-state index in [-0.39, 0.29) is 6.67 Å². The molecule has 0 bridgehead atoms. The van der Waals surface area contributed by atoms with E-state index in [1.807, 2.05) is 31.2 Å². The van der Waals surface area contributed by atoms with Crippen LogP contribution in [0, 0.1) is 10.5 Å². The van der Waals surface area contributed by atoms with Gasteiger partial charge in [0.1, 0.15) is 0 Å². The molecule has 0 aliphatic heterocycles. The van der Waals surface area contributed by atoms with Crippen molar-refractivity contribution in [3.8, 4) is 0 Å². The second-order valence-corrected chi connectivity index (χ2v) is 7.80. The van der Waals surface area contributed by atoms with Gasteiger partial charge in [-0.2, -0.15) is 0 Å². The van der Waals surface area contributed by atoms with Crippen molar-refractivity contribution in [2.45, 2.75) is 19.8 Å². The van der Waals surface area contributed by atoms with Gasteiger partial charge in [-0.25, -0.2) is 0 Å². The summed E-state index contributed by atoms with van der Waals surface area (Å²) in [6, 6.07) is 7.52. The van der Waals surface area contributed by atoms with E-state index in [0.717, 1.165) is 13.6 Å². The molecular formula is C12H14BrF2I. The summed E-state index contributed by atoms with van der Waals surface area (Å²) in [6.07, 6.45) is 1.04. The Morgan fingerprint density at radius 1 is 1.38 bits per heavy atom. The molecule has 0 aliphatic rings. The summed E-state index contributed by atoms with van der Waals surface area (Å²) in [5, 5.41) is 0. The third kappa shape index (κ3) is 4.91. The van der Waals surface area contributed by atoms with Gasteiger partial charge in [0, 0.05) is 0 Å². The first-order valence-corrected chi connectivity index (χ1v) is 8.90. The Bertz CT molecular complexity index is 349. The first-order valence-electron chi connectivity index (χ1n) is 4.97. The number of hydrogen-bond donors (Lipinski definition) is 0. The van der Waals surface area contributed by atoms with Gasteiger partial charge in [-0.15, -0.1) is 0 Å². The van der Waals surface area contributed by atoms with E-state index in [1.165, 1.54) is 0 Å². The molecule has 1 rings (SSSR count). The van der Waals surface area contributed by atoms with Crippen molar-refractivity contribution < 1.29 is 7.25 Å². The minimum absolute atomic E-state index is 0.353. The molecule has 0 spiro atoms. The summed E-state index contributed by atoms with van der Waals surface area (Å²) in [4.78, 5) is 0. The van der Waals surface area contributed by atoms with Crippen LogP contribution in [-0.2, 0) is 0 Å². The molecule has 0 saturated heterocycles. The average molecular weight is 403 g/mol. The predicted molar refractivity (Wildman–Crippen MR) is 77.2 cm³/mol. The van der Waals surface area contributed by atoms with E-state index < -0.39 is 20.4 Å². The van der Waals surface area contributed by atoms with Gasteiger partial charge < -0.3 is 0 Å². The molecule has 0 aliphatic carbocycles. The number of hydrogen-bond acceptors (Lipinski definition) is 0. The Hall–Kier alpha value is 0.0300. The van der Waals surface area contributed by atoms with Crippen LogP contribution >= 0.6 is 36.3 Å². The van der Waals surface area contributed by atoms with Crippen molar-refractivity contribution in [3.63, 3.8) is 0 Å². The fraction of sp³-hybridized carbons (Fsp3) is 0.333. The molecule has 0 amide bonds. The molecule has 16 heavy (non-hydrogen) atoms. The first-order chi connectivity index (χ1) is 7.63. The van der Waals surface area contributed by atoms with Crippen LogP contribution in [0.2, 0.25) is 0 Å². The van der Waals surface area contributed by atoms with Crippen LogP contribution in [0.15, 0.2) is 32.8 Å². The van der Waals surface area contributed by atoms with E-state index in [4.69, 9.17) is 0 Å². The Morgan fingerprint density at radius 2 is 2.00 bits per heavy atom.